The molecule has 1 atom stereocenters. The predicted molar refractivity (Wildman–Crippen MR) is 90.2 cm³/mol. The number of nitrogens with zero attached hydrogens (tertiary/aromatic N) is 2. The summed E-state index contributed by atoms with van der Waals surface area (Å²) in [5.41, 5.74) is 0. The number of piperidine rings is 1. The summed E-state index contributed by atoms with van der Waals surface area (Å²) in [6, 6.07) is 6.59. The zero-order valence-corrected chi connectivity index (χ0v) is 14.0. The van der Waals surface area contributed by atoms with Crippen LogP contribution in [0.4, 0.5) is 5.00 Å². The maximum atomic E-state index is 12.3. The van der Waals surface area contributed by atoms with Crippen molar-refractivity contribution in [3.05, 3.63) is 51.3 Å². The molecule has 0 spiro atoms. The van der Waals surface area contributed by atoms with E-state index in [2.05, 4.69) is 10.2 Å². The second kappa shape index (κ2) is 7.59. The molecule has 8 heteroatoms. The second-order valence-corrected chi connectivity index (χ2v) is 6.80. The number of hydrogen-bond donors (Lipinski definition) is 1. The van der Waals surface area contributed by atoms with E-state index < -0.39 is 4.92 Å². The number of nitro groups is 1. The van der Waals surface area contributed by atoms with E-state index in [0.29, 0.717) is 11.4 Å². The smallest absolute Gasteiger partial charge is 0.324 e. The van der Waals surface area contributed by atoms with Crippen LogP contribution in [0.15, 0.2) is 34.9 Å². The van der Waals surface area contributed by atoms with E-state index in [1.807, 2.05) is 12.1 Å². The summed E-state index contributed by atoms with van der Waals surface area (Å²) < 4.78 is 5.54. The molecule has 1 N–H and O–H groups in total. The minimum absolute atomic E-state index is 0.0146. The first-order valence-electron chi connectivity index (χ1n) is 7.95. The van der Waals surface area contributed by atoms with Gasteiger partial charge in [0, 0.05) is 12.6 Å². The highest BCUT2D eigenvalue weighted by Crippen LogP contribution is 2.26. The fourth-order valence-electron chi connectivity index (χ4n) is 2.94. The fraction of sp³-hybridized carbons (Fsp3) is 0.438. The topological polar surface area (TPSA) is 88.6 Å². The van der Waals surface area contributed by atoms with Crippen molar-refractivity contribution in [1.29, 1.82) is 0 Å². The zero-order valence-electron chi connectivity index (χ0n) is 13.1. The standard InChI is InChI=1S/C16H19N3O4S/c20-16(14-6-7-15(24-14)19(21)22)17-11-12(13-5-4-10-23-13)18-8-2-1-3-9-18/h4-7,10,12H,1-3,8-9,11H2,(H,17,20)/t12-/m0/s1. The van der Waals surface area contributed by atoms with Crippen molar-refractivity contribution in [3.63, 3.8) is 0 Å². The summed E-state index contributed by atoms with van der Waals surface area (Å²) in [7, 11) is 0. The van der Waals surface area contributed by atoms with Crippen LogP contribution in [-0.2, 0) is 0 Å². The zero-order chi connectivity index (χ0) is 16.9. The van der Waals surface area contributed by atoms with E-state index in [1.165, 1.54) is 18.6 Å². The van der Waals surface area contributed by atoms with Gasteiger partial charge < -0.3 is 9.73 Å². The Labute approximate surface area is 143 Å². The van der Waals surface area contributed by atoms with Gasteiger partial charge in [0.1, 0.15) is 5.76 Å². The largest absolute Gasteiger partial charge is 0.468 e. The van der Waals surface area contributed by atoms with Gasteiger partial charge in [-0.05, 0) is 44.1 Å². The summed E-state index contributed by atoms with van der Waals surface area (Å²) in [6.45, 7) is 2.37. The lowest BCUT2D eigenvalue weighted by molar-refractivity contribution is -0.380. The van der Waals surface area contributed by atoms with Gasteiger partial charge in [0.25, 0.3) is 5.91 Å². The van der Waals surface area contributed by atoms with Gasteiger partial charge in [-0.15, -0.1) is 0 Å². The van der Waals surface area contributed by atoms with Gasteiger partial charge in [0.2, 0.25) is 0 Å². The Kier molecular flexibility index (Phi) is 5.27. The fourth-order valence-corrected chi connectivity index (χ4v) is 3.68. The minimum Gasteiger partial charge on any atom is -0.468 e. The van der Waals surface area contributed by atoms with Crippen LogP contribution in [-0.4, -0.2) is 35.4 Å². The maximum absolute atomic E-state index is 12.3. The summed E-state index contributed by atoms with van der Waals surface area (Å²) in [6.07, 6.45) is 5.15. The molecule has 24 heavy (non-hydrogen) atoms. The van der Waals surface area contributed by atoms with Crippen LogP contribution in [0.25, 0.3) is 0 Å². The van der Waals surface area contributed by atoms with Gasteiger partial charge in [0.05, 0.1) is 22.1 Å². The van der Waals surface area contributed by atoms with E-state index in [9.17, 15) is 14.9 Å². The molecule has 1 amide bonds. The van der Waals surface area contributed by atoms with Gasteiger partial charge in [-0.2, -0.15) is 0 Å². The Balaban J connectivity index is 1.66. The number of nitrogens with one attached hydrogen (secondary N) is 1. The Morgan fingerprint density at radius 3 is 2.75 bits per heavy atom. The van der Waals surface area contributed by atoms with Crippen molar-refractivity contribution in [1.82, 2.24) is 10.2 Å². The number of likely N-dealkylation sites (tertiary alicyclic amines) is 1. The monoisotopic (exact) mass is 349 g/mol. The Morgan fingerprint density at radius 2 is 2.12 bits per heavy atom. The first kappa shape index (κ1) is 16.7. The molecule has 2 aromatic rings. The highest BCUT2D eigenvalue weighted by atomic mass is 32.1. The Bertz CT molecular complexity index is 692. The SMILES string of the molecule is O=C(NC[C@@H](c1ccco1)N1CCCCC1)c1ccc([N+](=O)[O-])s1. The molecule has 0 bridgehead atoms. The third-order valence-electron chi connectivity index (χ3n) is 4.15. The molecule has 3 rings (SSSR count). The average Bonchev–Trinajstić information content (AvgIpc) is 3.28. The van der Waals surface area contributed by atoms with Crippen LogP contribution in [0.2, 0.25) is 0 Å². The van der Waals surface area contributed by atoms with Gasteiger partial charge >= 0.3 is 5.00 Å². The molecule has 2 aromatic heterocycles. The summed E-state index contributed by atoms with van der Waals surface area (Å²) in [5.74, 6) is 0.538. The quantitative estimate of drug-likeness (QED) is 0.639. The lowest BCUT2D eigenvalue weighted by Crippen LogP contribution is -2.40. The molecule has 0 aromatic carbocycles. The molecular formula is C16H19N3O4S. The third-order valence-corrected chi connectivity index (χ3v) is 5.19. The van der Waals surface area contributed by atoms with Gasteiger partial charge in [-0.3, -0.25) is 19.8 Å². The molecule has 7 nitrogen and oxygen atoms in total. The first-order valence-corrected chi connectivity index (χ1v) is 8.76. The molecule has 1 aliphatic rings. The Morgan fingerprint density at radius 1 is 1.33 bits per heavy atom. The number of hydrogen-bond acceptors (Lipinski definition) is 6. The lowest BCUT2D eigenvalue weighted by atomic mass is 10.1. The number of carbonyl (C=O) groups excluding carboxylic acids is 1. The first-order chi connectivity index (χ1) is 11.6. The van der Waals surface area contributed by atoms with Crippen molar-refractivity contribution in [2.24, 2.45) is 0 Å². The summed E-state index contributed by atoms with van der Waals surface area (Å²) in [4.78, 5) is 25.2. The lowest BCUT2D eigenvalue weighted by Gasteiger charge is -2.33. The summed E-state index contributed by atoms with van der Waals surface area (Å²) in [5, 5.41) is 13.6. The Hall–Kier alpha value is -2.19. The van der Waals surface area contributed by atoms with Crippen LogP contribution < -0.4 is 5.32 Å². The van der Waals surface area contributed by atoms with E-state index in [1.54, 1.807) is 6.26 Å². The van der Waals surface area contributed by atoms with Crippen molar-refractivity contribution < 1.29 is 14.1 Å². The number of rotatable bonds is 6. The van der Waals surface area contributed by atoms with Crippen LogP contribution in [0.5, 0.6) is 0 Å². The number of thiophene rings is 1. The normalized spacial score (nSPS) is 16.7. The van der Waals surface area contributed by atoms with Crippen LogP contribution in [0.1, 0.15) is 40.7 Å². The number of carbonyl (C=O) groups is 1. The molecule has 3 heterocycles. The molecule has 0 radical (unpaired) electrons. The van der Waals surface area contributed by atoms with Gasteiger partial charge in [-0.25, -0.2) is 0 Å². The molecule has 1 saturated heterocycles. The molecule has 0 saturated carbocycles. The van der Waals surface area contributed by atoms with Gasteiger partial charge in [-0.1, -0.05) is 17.8 Å². The van der Waals surface area contributed by atoms with Crippen LogP contribution >= 0.6 is 11.3 Å². The van der Waals surface area contributed by atoms with Crippen LogP contribution in [0, 0.1) is 10.1 Å². The highest BCUT2D eigenvalue weighted by molar-refractivity contribution is 7.17. The van der Waals surface area contributed by atoms with Crippen molar-refractivity contribution in [2.75, 3.05) is 19.6 Å². The average molecular weight is 349 g/mol. The third kappa shape index (κ3) is 3.82. The molecule has 1 fully saturated rings. The molecule has 1 aliphatic heterocycles. The predicted octanol–water partition coefficient (Wildman–Crippen LogP) is 3.21. The summed E-state index contributed by atoms with van der Waals surface area (Å²) >= 11 is 0.886. The van der Waals surface area contributed by atoms with Crippen LogP contribution in [0.3, 0.4) is 0 Å². The highest BCUT2D eigenvalue weighted by Gasteiger charge is 2.25. The van der Waals surface area contributed by atoms with Crippen molar-refractivity contribution >= 4 is 22.2 Å². The van der Waals surface area contributed by atoms with Gasteiger partial charge in [0.15, 0.2) is 0 Å². The van der Waals surface area contributed by atoms with E-state index in [4.69, 9.17) is 4.42 Å². The molecule has 128 valence electrons. The number of amides is 1. The van der Waals surface area contributed by atoms with E-state index in [0.717, 1.165) is 43.0 Å². The molecule has 0 unspecified atom stereocenters. The van der Waals surface area contributed by atoms with Crippen molar-refractivity contribution in [2.45, 2.75) is 25.3 Å². The second-order valence-electron chi connectivity index (χ2n) is 5.73. The maximum Gasteiger partial charge on any atom is 0.324 e. The van der Waals surface area contributed by atoms with E-state index in [-0.39, 0.29) is 17.0 Å². The molecular weight excluding hydrogens is 330 g/mol. The van der Waals surface area contributed by atoms with E-state index >= 15 is 0 Å². The number of furan rings is 1. The van der Waals surface area contributed by atoms with Crippen molar-refractivity contribution in [3.8, 4) is 0 Å². The molecule has 0 aliphatic carbocycles. The minimum atomic E-state index is -0.485.